The molecule has 0 fully saturated rings. The second-order valence-corrected chi connectivity index (χ2v) is 16.6. The van der Waals surface area contributed by atoms with E-state index in [4.69, 9.17) is 11.5 Å². The molecule has 21 heteroatoms. The first-order valence-electron chi connectivity index (χ1n) is 20.4. The lowest BCUT2D eigenvalue weighted by Gasteiger charge is -2.31. The number of amides is 9. The van der Waals surface area contributed by atoms with Crippen LogP contribution in [0.1, 0.15) is 95.9 Å². The molecule has 0 aliphatic heterocycles. The van der Waals surface area contributed by atoms with Crippen LogP contribution in [0.5, 0.6) is 0 Å². The molecule has 14 N–H and O–H groups in total. The molecule has 0 saturated carbocycles. The highest BCUT2D eigenvalue weighted by atomic mass is 16.3. The lowest BCUT2D eigenvalue weighted by Crippen LogP contribution is -2.63. The van der Waals surface area contributed by atoms with E-state index < -0.39 is 132 Å². The molecule has 0 unspecified atom stereocenters. The van der Waals surface area contributed by atoms with E-state index in [9.17, 15) is 53.4 Å². The van der Waals surface area contributed by atoms with Crippen molar-refractivity contribution in [2.45, 2.75) is 150 Å². The van der Waals surface area contributed by atoms with E-state index in [1.807, 2.05) is 13.8 Å². The van der Waals surface area contributed by atoms with Crippen molar-refractivity contribution in [2.24, 2.45) is 41.1 Å². The Bertz CT molecular complexity index is 1490. The van der Waals surface area contributed by atoms with E-state index in [1.54, 1.807) is 55.4 Å². The van der Waals surface area contributed by atoms with Gasteiger partial charge in [0.1, 0.15) is 48.3 Å². The van der Waals surface area contributed by atoms with Crippen molar-refractivity contribution in [3.63, 3.8) is 0 Å². The van der Waals surface area contributed by atoms with Crippen molar-refractivity contribution in [2.75, 3.05) is 13.2 Å². The van der Waals surface area contributed by atoms with Gasteiger partial charge in [-0.1, -0.05) is 75.7 Å². The van der Waals surface area contributed by atoms with Gasteiger partial charge in [-0.05, 0) is 49.9 Å². The highest BCUT2D eigenvalue weighted by Gasteiger charge is 2.37. The van der Waals surface area contributed by atoms with Crippen LogP contribution in [0.4, 0.5) is 0 Å². The van der Waals surface area contributed by atoms with Gasteiger partial charge in [-0.15, -0.1) is 0 Å². The van der Waals surface area contributed by atoms with Crippen LogP contribution < -0.4 is 54.0 Å². The average molecular weight is 857 g/mol. The third-order valence-electron chi connectivity index (χ3n) is 9.73. The van der Waals surface area contributed by atoms with Crippen molar-refractivity contribution in [3.05, 3.63) is 0 Å². The Hall–Kier alpha value is -4.89. The molecule has 0 spiro atoms. The summed E-state index contributed by atoms with van der Waals surface area (Å²) in [6.07, 6.45) is -0.839. The molecule has 344 valence electrons. The summed E-state index contributed by atoms with van der Waals surface area (Å²) < 4.78 is 0. The Kier molecular flexibility index (Phi) is 24.2. The fraction of sp³-hybridized carbons (Fsp3) is 0.769. The molecule has 0 radical (unpaired) electrons. The normalized spacial score (nSPS) is 16.4. The van der Waals surface area contributed by atoms with Gasteiger partial charge in [0.2, 0.25) is 53.2 Å². The van der Waals surface area contributed by atoms with E-state index >= 15 is 0 Å². The topological polar surface area (TPSA) is 342 Å². The predicted molar refractivity (Wildman–Crippen MR) is 222 cm³/mol. The molecule has 0 rings (SSSR count). The number of nitrogens with two attached hydrogens (primary N) is 2. The minimum Gasteiger partial charge on any atom is -0.394 e. The van der Waals surface area contributed by atoms with Gasteiger partial charge in [0.15, 0.2) is 0 Å². The molecule has 0 aliphatic rings. The smallest absolute Gasteiger partial charge is 0.245 e. The van der Waals surface area contributed by atoms with Crippen molar-refractivity contribution < 1.29 is 53.4 Å². The first-order chi connectivity index (χ1) is 27.7. The van der Waals surface area contributed by atoms with Crippen LogP contribution in [0.3, 0.4) is 0 Å². The molecular formula is C39H72N10O11. The van der Waals surface area contributed by atoms with Crippen molar-refractivity contribution in [1.29, 1.82) is 0 Å². The monoisotopic (exact) mass is 857 g/mol. The fourth-order valence-electron chi connectivity index (χ4n) is 5.80. The number of hydrogen-bond donors (Lipinski definition) is 12. The van der Waals surface area contributed by atoms with Gasteiger partial charge in [-0.2, -0.15) is 0 Å². The van der Waals surface area contributed by atoms with Gasteiger partial charge in [0, 0.05) is 0 Å². The zero-order valence-corrected chi connectivity index (χ0v) is 37.1. The number of rotatable bonds is 26. The largest absolute Gasteiger partial charge is 0.394 e. The molecule has 0 heterocycles. The number of aliphatic hydroxyl groups excluding tert-OH is 2. The summed E-state index contributed by atoms with van der Waals surface area (Å²) >= 11 is 0. The minimum absolute atomic E-state index is 0.0138. The van der Waals surface area contributed by atoms with Crippen molar-refractivity contribution >= 4 is 53.2 Å². The van der Waals surface area contributed by atoms with E-state index in [-0.39, 0.29) is 24.8 Å². The Labute approximate surface area is 353 Å². The number of carbonyl (C=O) groups is 9. The van der Waals surface area contributed by atoms with Gasteiger partial charge >= 0.3 is 0 Å². The Balaban J connectivity index is 6.04. The number of aliphatic hydroxyl groups is 2. The molecule has 0 aliphatic carbocycles. The molecule has 21 nitrogen and oxygen atoms in total. The molecule has 0 bridgehead atoms. The molecule has 10 atom stereocenters. The number of primary amides is 1. The molecule has 0 aromatic rings. The highest BCUT2D eigenvalue weighted by molar-refractivity contribution is 5.98. The lowest BCUT2D eigenvalue weighted by atomic mass is 9.96. The van der Waals surface area contributed by atoms with Crippen LogP contribution in [0, 0.1) is 29.6 Å². The zero-order chi connectivity index (χ0) is 46.8. The van der Waals surface area contributed by atoms with Crippen molar-refractivity contribution in [1.82, 2.24) is 42.5 Å². The van der Waals surface area contributed by atoms with E-state index in [0.717, 1.165) is 0 Å². The molecule has 0 saturated heterocycles. The Morgan fingerprint density at radius 1 is 0.500 bits per heavy atom. The first kappa shape index (κ1) is 55.1. The van der Waals surface area contributed by atoms with Crippen LogP contribution in [0.15, 0.2) is 0 Å². The predicted octanol–water partition coefficient (Wildman–Crippen LogP) is -3.24. The summed E-state index contributed by atoms with van der Waals surface area (Å²) in [4.78, 5) is 117. The molecule has 9 amide bonds. The van der Waals surface area contributed by atoms with Gasteiger partial charge < -0.3 is 64.2 Å². The van der Waals surface area contributed by atoms with Gasteiger partial charge in [0.05, 0.1) is 19.3 Å². The second-order valence-electron chi connectivity index (χ2n) is 16.6. The number of nitrogens with one attached hydrogen (secondary N) is 8. The summed E-state index contributed by atoms with van der Waals surface area (Å²) in [5, 5.41) is 40.6. The maximum absolute atomic E-state index is 13.7. The molecular weight excluding hydrogens is 784 g/mol. The Morgan fingerprint density at radius 2 is 0.900 bits per heavy atom. The molecule has 0 aromatic carbocycles. The van der Waals surface area contributed by atoms with E-state index in [2.05, 4.69) is 42.5 Å². The van der Waals surface area contributed by atoms with Crippen LogP contribution >= 0.6 is 0 Å². The van der Waals surface area contributed by atoms with Crippen LogP contribution in [0.2, 0.25) is 0 Å². The summed E-state index contributed by atoms with van der Waals surface area (Å²) in [7, 11) is 0. The minimum atomic E-state index is -1.63. The summed E-state index contributed by atoms with van der Waals surface area (Å²) in [6.45, 7) is 18.2. The number of carbonyl (C=O) groups excluding carboxylic acids is 9. The third-order valence-corrected chi connectivity index (χ3v) is 9.73. The highest BCUT2D eigenvalue weighted by Crippen LogP contribution is 2.13. The van der Waals surface area contributed by atoms with Gasteiger partial charge in [-0.3, -0.25) is 43.2 Å². The van der Waals surface area contributed by atoms with Gasteiger partial charge in [-0.25, -0.2) is 0 Å². The van der Waals surface area contributed by atoms with Gasteiger partial charge in [0.25, 0.3) is 0 Å². The first-order valence-corrected chi connectivity index (χ1v) is 20.4. The van der Waals surface area contributed by atoms with Crippen LogP contribution in [0.25, 0.3) is 0 Å². The standard InChI is InChI=1S/C39H72N10O11/c1-13-21(10)30(48-34(55)24(14-17(2)3)43-26(52)15-40)38(59)49-31(23(12)51)39(60)47-29(20(8)9)37(58)44-25(16-50)35(56)46-28(19(6)7)36(57)42-22(11)33(54)45-27(18(4)5)32(41)53/h17-25,27-31,50-51H,13-16,40H2,1-12H3,(H2,41,53)(H,42,57)(H,43,52)(H,44,58)(H,45,54)(H,46,56)(H,47,60)(H,48,55)(H,49,59)/t21-,22-,23+,24-,25-,27-,28-,29-,30-,31-/m0/s1. The third kappa shape index (κ3) is 18.2. The van der Waals surface area contributed by atoms with Crippen LogP contribution in [-0.4, -0.2) is 131 Å². The Morgan fingerprint density at radius 3 is 1.32 bits per heavy atom. The maximum atomic E-state index is 13.7. The zero-order valence-electron chi connectivity index (χ0n) is 37.1. The van der Waals surface area contributed by atoms with Crippen molar-refractivity contribution in [3.8, 4) is 0 Å². The maximum Gasteiger partial charge on any atom is 0.245 e. The fourth-order valence-corrected chi connectivity index (χ4v) is 5.80. The van der Waals surface area contributed by atoms with E-state index in [1.165, 1.54) is 13.8 Å². The molecule has 0 aromatic heterocycles. The summed E-state index contributed by atoms with van der Waals surface area (Å²) in [5.74, 6) is -9.13. The summed E-state index contributed by atoms with van der Waals surface area (Å²) in [5.41, 5.74) is 10.8. The number of hydrogen-bond acceptors (Lipinski definition) is 12. The second kappa shape index (κ2) is 26.3. The summed E-state index contributed by atoms with van der Waals surface area (Å²) in [6, 6.07) is -10.2. The van der Waals surface area contributed by atoms with Crippen LogP contribution in [-0.2, 0) is 43.2 Å². The van der Waals surface area contributed by atoms with E-state index in [0.29, 0.717) is 6.42 Å². The average Bonchev–Trinajstić information content (AvgIpc) is 3.15. The lowest BCUT2D eigenvalue weighted by molar-refractivity contribution is -0.138. The SMILES string of the molecule is CC[C@H](C)[C@H](NC(=O)[C@H](CC(C)C)NC(=O)CN)C(=O)N[C@H](C(=O)N[C@H](C(=O)N[C@@H](CO)C(=O)N[C@H](C(=O)N[C@@H](C)C(=O)N[C@H](C(N)=O)C(C)C)C(C)C)C(C)C)[C@@H](C)O. The molecule has 60 heavy (non-hydrogen) atoms. The quantitative estimate of drug-likeness (QED) is 0.0409.